The fraction of sp³-hybridized carbons (Fsp3) is 0.133. The highest BCUT2D eigenvalue weighted by atomic mass is 79.9. The molecule has 3 nitrogen and oxygen atoms in total. The van der Waals surface area contributed by atoms with Crippen LogP contribution < -0.4 is 10.6 Å². The molecule has 0 spiro atoms. The van der Waals surface area contributed by atoms with Gasteiger partial charge in [0, 0.05) is 34.3 Å². The fourth-order valence-corrected chi connectivity index (χ4v) is 2.37. The highest BCUT2D eigenvalue weighted by Gasteiger charge is 2.05. The summed E-state index contributed by atoms with van der Waals surface area (Å²) in [6.45, 7) is 0.623. The molecule has 0 unspecified atom stereocenters. The third-order valence-corrected chi connectivity index (χ3v) is 3.85. The molecule has 0 radical (unpaired) electrons. The number of halogens is 2. The van der Waals surface area contributed by atoms with Crippen LogP contribution in [0.3, 0.4) is 0 Å². The first kappa shape index (κ1) is 14.9. The zero-order valence-corrected chi connectivity index (χ0v) is 13.3. The van der Waals surface area contributed by atoms with Gasteiger partial charge in [0.1, 0.15) is 0 Å². The van der Waals surface area contributed by atoms with E-state index in [2.05, 4.69) is 26.6 Å². The molecule has 0 saturated heterocycles. The van der Waals surface area contributed by atoms with Crippen molar-refractivity contribution in [3.05, 3.63) is 63.1 Å². The minimum Gasteiger partial charge on any atom is -0.381 e. The third kappa shape index (κ3) is 3.74. The van der Waals surface area contributed by atoms with Gasteiger partial charge in [0.05, 0.1) is 0 Å². The number of carbonyl (C=O) groups excluding carboxylic acids is 1. The molecule has 1 amide bonds. The molecule has 104 valence electrons. The van der Waals surface area contributed by atoms with Crippen LogP contribution in [-0.4, -0.2) is 13.0 Å². The fourth-order valence-electron chi connectivity index (χ4n) is 1.79. The van der Waals surface area contributed by atoms with Crippen LogP contribution >= 0.6 is 27.5 Å². The monoisotopic (exact) mass is 352 g/mol. The molecule has 0 fully saturated rings. The Labute approximate surface area is 131 Å². The van der Waals surface area contributed by atoms with Gasteiger partial charge in [-0.3, -0.25) is 4.79 Å². The Morgan fingerprint density at radius 3 is 2.80 bits per heavy atom. The molecule has 2 rings (SSSR count). The van der Waals surface area contributed by atoms with E-state index in [9.17, 15) is 4.79 Å². The van der Waals surface area contributed by atoms with Crippen LogP contribution in [0.4, 0.5) is 5.69 Å². The lowest BCUT2D eigenvalue weighted by Gasteiger charge is -2.10. The first-order chi connectivity index (χ1) is 9.60. The average molecular weight is 354 g/mol. The van der Waals surface area contributed by atoms with Crippen molar-refractivity contribution in [2.45, 2.75) is 6.54 Å². The Balaban J connectivity index is 2.11. The van der Waals surface area contributed by atoms with E-state index in [1.54, 1.807) is 13.1 Å². The van der Waals surface area contributed by atoms with Crippen LogP contribution in [0.25, 0.3) is 0 Å². The van der Waals surface area contributed by atoms with Gasteiger partial charge in [-0.25, -0.2) is 0 Å². The van der Waals surface area contributed by atoms with Gasteiger partial charge in [0.2, 0.25) is 0 Å². The zero-order chi connectivity index (χ0) is 14.5. The van der Waals surface area contributed by atoms with Gasteiger partial charge in [0.25, 0.3) is 5.91 Å². The molecule has 0 heterocycles. The van der Waals surface area contributed by atoms with E-state index in [4.69, 9.17) is 11.6 Å². The van der Waals surface area contributed by atoms with E-state index >= 15 is 0 Å². The quantitative estimate of drug-likeness (QED) is 0.870. The maximum Gasteiger partial charge on any atom is 0.251 e. The van der Waals surface area contributed by atoms with Gasteiger partial charge >= 0.3 is 0 Å². The van der Waals surface area contributed by atoms with Crippen molar-refractivity contribution in [2.75, 3.05) is 12.4 Å². The largest absolute Gasteiger partial charge is 0.381 e. The van der Waals surface area contributed by atoms with Crippen molar-refractivity contribution < 1.29 is 4.79 Å². The van der Waals surface area contributed by atoms with Gasteiger partial charge < -0.3 is 10.6 Å². The van der Waals surface area contributed by atoms with E-state index in [0.717, 1.165) is 15.7 Å². The third-order valence-electron chi connectivity index (χ3n) is 2.84. The van der Waals surface area contributed by atoms with Gasteiger partial charge in [-0.15, -0.1) is 0 Å². The standard InChI is InChI=1S/C15H14BrClN2O/c1-18-15(20)10-3-2-4-13(8-10)19-9-11-7-12(17)5-6-14(11)16/h2-8,19H,9H2,1H3,(H,18,20). The number of carbonyl (C=O) groups is 1. The highest BCUT2D eigenvalue weighted by molar-refractivity contribution is 9.10. The second kappa shape index (κ2) is 6.77. The van der Waals surface area contributed by atoms with E-state index in [1.807, 2.05) is 36.4 Å². The zero-order valence-electron chi connectivity index (χ0n) is 10.9. The predicted molar refractivity (Wildman–Crippen MR) is 86.3 cm³/mol. The number of amides is 1. The number of nitrogens with one attached hydrogen (secondary N) is 2. The smallest absolute Gasteiger partial charge is 0.251 e. The molecule has 2 N–H and O–H groups in total. The number of anilines is 1. The maximum atomic E-state index is 11.6. The van der Waals surface area contributed by atoms with Gasteiger partial charge in [-0.05, 0) is 42.0 Å². The molecule has 0 aromatic heterocycles. The normalized spacial score (nSPS) is 10.2. The summed E-state index contributed by atoms with van der Waals surface area (Å²) < 4.78 is 0.997. The van der Waals surface area contributed by atoms with Crippen LogP contribution in [-0.2, 0) is 6.54 Å². The Morgan fingerprint density at radius 1 is 1.25 bits per heavy atom. The number of hydrogen-bond donors (Lipinski definition) is 2. The van der Waals surface area contributed by atoms with Crippen molar-refractivity contribution in [2.24, 2.45) is 0 Å². The minimum absolute atomic E-state index is 0.0995. The van der Waals surface area contributed by atoms with Crippen LogP contribution in [0.1, 0.15) is 15.9 Å². The lowest BCUT2D eigenvalue weighted by Crippen LogP contribution is -2.17. The van der Waals surface area contributed by atoms with Crippen LogP contribution in [0.2, 0.25) is 5.02 Å². The first-order valence-electron chi connectivity index (χ1n) is 6.10. The summed E-state index contributed by atoms with van der Waals surface area (Å²) >= 11 is 9.47. The van der Waals surface area contributed by atoms with Crippen molar-refractivity contribution in [3.8, 4) is 0 Å². The van der Waals surface area contributed by atoms with Crippen molar-refractivity contribution in [3.63, 3.8) is 0 Å². The van der Waals surface area contributed by atoms with Crippen molar-refractivity contribution >= 4 is 39.1 Å². The SMILES string of the molecule is CNC(=O)c1cccc(NCc2cc(Cl)ccc2Br)c1. The molecular weight excluding hydrogens is 340 g/mol. The molecule has 2 aromatic carbocycles. The summed E-state index contributed by atoms with van der Waals surface area (Å²) in [5.74, 6) is -0.0995. The van der Waals surface area contributed by atoms with Gasteiger partial charge in [0.15, 0.2) is 0 Å². The second-order valence-electron chi connectivity index (χ2n) is 4.25. The molecule has 0 aliphatic carbocycles. The molecule has 0 bridgehead atoms. The molecular formula is C15H14BrClN2O. The highest BCUT2D eigenvalue weighted by Crippen LogP contribution is 2.22. The topological polar surface area (TPSA) is 41.1 Å². The summed E-state index contributed by atoms with van der Waals surface area (Å²) in [7, 11) is 1.62. The van der Waals surface area contributed by atoms with E-state index in [1.165, 1.54) is 0 Å². The average Bonchev–Trinajstić information content (AvgIpc) is 2.47. The van der Waals surface area contributed by atoms with E-state index in [-0.39, 0.29) is 5.91 Å². The Hall–Kier alpha value is -1.52. The lowest BCUT2D eigenvalue weighted by atomic mass is 10.1. The van der Waals surface area contributed by atoms with Crippen molar-refractivity contribution in [1.29, 1.82) is 0 Å². The Kier molecular flexibility index (Phi) is 5.04. The molecule has 20 heavy (non-hydrogen) atoms. The lowest BCUT2D eigenvalue weighted by molar-refractivity contribution is 0.0963. The maximum absolute atomic E-state index is 11.6. The molecule has 0 saturated carbocycles. The molecule has 2 aromatic rings. The summed E-state index contributed by atoms with van der Waals surface area (Å²) in [4.78, 5) is 11.6. The summed E-state index contributed by atoms with van der Waals surface area (Å²) in [5, 5.41) is 6.59. The molecule has 0 aliphatic heterocycles. The van der Waals surface area contributed by atoms with Crippen LogP contribution in [0.15, 0.2) is 46.9 Å². The predicted octanol–water partition coefficient (Wildman–Crippen LogP) is 4.07. The van der Waals surface area contributed by atoms with Gasteiger partial charge in [-0.1, -0.05) is 33.6 Å². The Morgan fingerprint density at radius 2 is 2.05 bits per heavy atom. The summed E-state index contributed by atoms with van der Waals surface area (Å²) in [6, 6.07) is 13.0. The summed E-state index contributed by atoms with van der Waals surface area (Å²) in [6.07, 6.45) is 0. The van der Waals surface area contributed by atoms with Gasteiger partial charge in [-0.2, -0.15) is 0 Å². The van der Waals surface area contributed by atoms with E-state index < -0.39 is 0 Å². The second-order valence-corrected chi connectivity index (χ2v) is 5.54. The van der Waals surface area contributed by atoms with E-state index in [0.29, 0.717) is 17.1 Å². The molecule has 5 heteroatoms. The van der Waals surface area contributed by atoms with Crippen LogP contribution in [0.5, 0.6) is 0 Å². The minimum atomic E-state index is -0.0995. The summed E-state index contributed by atoms with van der Waals surface area (Å²) in [5.41, 5.74) is 2.57. The number of benzene rings is 2. The molecule has 0 aliphatic rings. The number of rotatable bonds is 4. The molecule has 0 atom stereocenters. The van der Waals surface area contributed by atoms with Crippen LogP contribution in [0, 0.1) is 0 Å². The Bertz CT molecular complexity index is 631. The first-order valence-corrected chi connectivity index (χ1v) is 7.27. The van der Waals surface area contributed by atoms with Crippen molar-refractivity contribution in [1.82, 2.24) is 5.32 Å². The number of hydrogen-bond acceptors (Lipinski definition) is 2.